The van der Waals surface area contributed by atoms with Crippen molar-refractivity contribution in [1.29, 1.82) is 0 Å². The van der Waals surface area contributed by atoms with Crippen molar-refractivity contribution in [3.05, 3.63) is 40.3 Å². The quantitative estimate of drug-likeness (QED) is 0.832. The molecule has 0 amide bonds. The van der Waals surface area contributed by atoms with Gasteiger partial charge in [0.05, 0.1) is 5.69 Å². The molecular weight excluding hydrogens is 242 g/mol. The maximum absolute atomic E-state index is 4.47. The number of aromatic nitrogens is 2. The molecule has 0 spiro atoms. The summed E-state index contributed by atoms with van der Waals surface area (Å²) in [6, 6.07) is 6.93. The highest BCUT2D eigenvalue weighted by molar-refractivity contribution is 7.09. The largest absolute Gasteiger partial charge is 0.313 e. The van der Waals surface area contributed by atoms with Gasteiger partial charge in [0, 0.05) is 30.6 Å². The Kier molecular flexibility index (Phi) is 4.96. The molecule has 1 unspecified atom stereocenters. The molecule has 0 radical (unpaired) electrons. The first-order valence-corrected chi connectivity index (χ1v) is 7.40. The fourth-order valence-electron chi connectivity index (χ4n) is 2.06. The van der Waals surface area contributed by atoms with Crippen LogP contribution in [0.5, 0.6) is 0 Å². The van der Waals surface area contributed by atoms with Crippen LogP contribution < -0.4 is 5.32 Å². The highest BCUT2D eigenvalue weighted by atomic mass is 32.1. The Bertz CT molecular complexity index is 447. The van der Waals surface area contributed by atoms with E-state index in [1.807, 2.05) is 29.3 Å². The molecule has 4 heteroatoms. The molecule has 2 aromatic rings. The third kappa shape index (κ3) is 3.96. The summed E-state index contributed by atoms with van der Waals surface area (Å²) < 4.78 is 1.87. The summed E-state index contributed by atoms with van der Waals surface area (Å²) in [5.41, 5.74) is 1.17. The van der Waals surface area contributed by atoms with Crippen LogP contribution in [0.15, 0.2) is 29.8 Å². The van der Waals surface area contributed by atoms with E-state index in [9.17, 15) is 0 Å². The highest BCUT2D eigenvalue weighted by Crippen LogP contribution is 2.13. The average Bonchev–Trinajstić information content (AvgIpc) is 2.98. The minimum absolute atomic E-state index is 0.485. The number of hydrogen-bond donors (Lipinski definition) is 1. The van der Waals surface area contributed by atoms with Crippen LogP contribution in [0.2, 0.25) is 0 Å². The second kappa shape index (κ2) is 6.71. The Morgan fingerprint density at radius 2 is 2.28 bits per heavy atom. The highest BCUT2D eigenvalue weighted by Gasteiger charge is 2.12. The summed E-state index contributed by atoms with van der Waals surface area (Å²) in [6.45, 7) is 3.28. The van der Waals surface area contributed by atoms with Crippen molar-refractivity contribution < 1.29 is 0 Å². The molecule has 2 rings (SSSR count). The van der Waals surface area contributed by atoms with Gasteiger partial charge in [-0.15, -0.1) is 11.3 Å². The molecule has 18 heavy (non-hydrogen) atoms. The van der Waals surface area contributed by atoms with E-state index >= 15 is 0 Å². The smallest absolute Gasteiger partial charge is 0.0640 e. The third-order valence-corrected chi connectivity index (χ3v) is 3.83. The van der Waals surface area contributed by atoms with Gasteiger partial charge in [0.15, 0.2) is 0 Å². The molecule has 1 N–H and O–H groups in total. The Morgan fingerprint density at radius 1 is 1.39 bits per heavy atom. The molecule has 0 aromatic carbocycles. The van der Waals surface area contributed by atoms with E-state index in [0.717, 1.165) is 19.4 Å². The molecule has 0 saturated carbocycles. The van der Waals surface area contributed by atoms with Crippen LogP contribution in [0.3, 0.4) is 0 Å². The molecule has 1 atom stereocenters. The Hall–Kier alpha value is -1.13. The molecule has 0 aliphatic carbocycles. The van der Waals surface area contributed by atoms with Crippen molar-refractivity contribution in [3.63, 3.8) is 0 Å². The second-order valence-corrected chi connectivity index (χ2v) is 5.65. The summed E-state index contributed by atoms with van der Waals surface area (Å²) in [5, 5.41) is 10.2. The first-order chi connectivity index (χ1) is 8.78. The van der Waals surface area contributed by atoms with E-state index in [0.29, 0.717) is 6.04 Å². The van der Waals surface area contributed by atoms with E-state index in [2.05, 4.69) is 40.9 Å². The maximum atomic E-state index is 4.47. The van der Waals surface area contributed by atoms with Crippen molar-refractivity contribution in [2.45, 2.75) is 32.2 Å². The van der Waals surface area contributed by atoms with Crippen molar-refractivity contribution in [2.24, 2.45) is 7.05 Å². The van der Waals surface area contributed by atoms with E-state index in [-0.39, 0.29) is 0 Å². The molecule has 0 aliphatic heterocycles. The fraction of sp³-hybridized carbons (Fsp3) is 0.500. The molecule has 0 saturated heterocycles. The van der Waals surface area contributed by atoms with E-state index in [4.69, 9.17) is 0 Å². The minimum Gasteiger partial charge on any atom is -0.313 e. The van der Waals surface area contributed by atoms with Gasteiger partial charge in [-0.05, 0) is 36.9 Å². The van der Waals surface area contributed by atoms with Crippen LogP contribution >= 0.6 is 11.3 Å². The number of thiophene rings is 1. The Balaban J connectivity index is 1.95. The first-order valence-electron chi connectivity index (χ1n) is 6.52. The molecule has 3 nitrogen and oxygen atoms in total. The van der Waals surface area contributed by atoms with Crippen molar-refractivity contribution in [3.8, 4) is 0 Å². The van der Waals surface area contributed by atoms with Crippen LogP contribution in [0, 0.1) is 0 Å². The second-order valence-electron chi connectivity index (χ2n) is 4.62. The number of rotatable bonds is 7. The number of nitrogens with one attached hydrogen (secondary N) is 1. The monoisotopic (exact) mass is 263 g/mol. The van der Waals surface area contributed by atoms with Gasteiger partial charge in [0.1, 0.15) is 0 Å². The SMILES string of the molecule is CCCNC(Cc1ccn(C)n1)Cc1cccs1. The van der Waals surface area contributed by atoms with Crippen LogP contribution in [-0.4, -0.2) is 22.4 Å². The summed E-state index contributed by atoms with van der Waals surface area (Å²) in [7, 11) is 1.97. The minimum atomic E-state index is 0.485. The molecule has 0 aliphatic rings. The van der Waals surface area contributed by atoms with Gasteiger partial charge in [0.2, 0.25) is 0 Å². The van der Waals surface area contributed by atoms with Crippen LogP contribution in [0.4, 0.5) is 0 Å². The normalized spacial score (nSPS) is 12.8. The van der Waals surface area contributed by atoms with Crippen LogP contribution in [0.25, 0.3) is 0 Å². The molecule has 98 valence electrons. The summed E-state index contributed by atoms with van der Waals surface area (Å²) in [4.78, 5) is 1.44. The Morgan fingerprint density at radius 3 is 2.89 bits per heavy atom. The molecule has 0 fully saturated rings. The topological polar surface area (TPSA) is 29.9 Å². The van der Waals surface area contributed by atoms with Gasteiger partial charge in [-0.25, -0.2) is 0 Å². The molecule has 0 bridgehead atoms. The zero-order valence-electron chi connectivity index (χ0n) is 11.1. The summed E-state index contributed by atoms with van der Waals surface area (Å²) >= 11 is 1.83. The molecule has 2 aromatic heterocycles. The summed E-state index contributed by atoms with van der Waals surface area (Å²) in [5.74, 6) is 0. The van der Waals surface area contributed by atoms with Gasteiger partial charge >= 0.3 is 0 Å². The van der Waals surface area contributed by atoms with Gasteiger partial charge in [0.25, 0.3) is 0 Å². The number of hydrogen-bond acceptors (Lipinski definition) is 3. The maximum Gasteiger partial charge on any atom is 0.0640 e. The number of nitrogens with zero attached hydrogens (tertiary/aromatic N) is 2. The van der Waals surface area contributed by atoms with Crippen LogP contribution in [-0.2, 0) is 19.9 Å². The predicted molar refractivity (Wildman–Crippen MR) is 77.0 cm³/mol. The van der Waals surface area contributed by atoms with Crippen molar-refractivity contribution >= 4 is 11.3 Å². The third-order valence-electron chi connectivity index (χ3n) is 2.94. The fourth-order valence-corrected chi connectivity index (χ4v) is 2.85. The first kappa shape index (κ1) is 13.3. The van der Waals surface area contributed by atoms with E-state index < -0.39 is 0 Å². The lowest BCUT2D eigenvalue weighted by Gasteiger charge is -2.16. The van der Waals surface area contributed by atoms with Gasteiger partial charge in [-0.2, -0.15) is 5.10 Å². The summed E-state index contributed by atoms with van der Waals surface area (Å²) in [6.07, 6.45) is 5.27. The standard InChI is InChI=1S/C14H21N3S/c1-3-7-15-13(11-14-5-4-9-18-14)10-12-6-8-17(2)16-12/h4-6,8-9,13,15H,3,7,10-11H2,1-2H3. The lowest BCUT2D eigenvalue weighted by Crippen LogP contribution is -2.33. The average molecular weight is 263 g/mol. The van der Waals surface area contributed by atoms with Crippen molar-refractivity contribution in [2.75, 3.05) is 6.54 Å². The Labute approximate surface area is 113 Å². The lowest BCUT2D eigenvalue weighted by atomic mass is 10.1. The molecule has 2 heterocycles. The van der Waals surface area contributed by atoms with Gasteiger partial charge in [-0.1, -0.05) is 13.0 Å². The predicted octanol–water partition coefficient (Wildman–Crippen LogP) is 2.64. The zero-order chi connectivity index (χ0) is 12.8. The molecular formula is C14H21N3S. The zero-order valence-corrected chi connectivity index (χ0v) is 11.9. The lowest BCUT2D eigenvalue weighted by molar-refractivity contribution is 0.500. The van der Waals surface area contributed by atoms with E-state index in [1.165, 1.54) is 17.0 Å². The van der Waals surface area contributed by atoms with Gasteiger partial charge < -0.3 is 5.32 Å². The van der Waals surface area contributed by atoms with Gasteiger partial charge in [-0.3, -0.25) is 4.68 Å². The van der Waals surface area contributed by atoms with Crippen LogP contribution in [0.1, 0.15) is 23.9 Å². The van der Waals surface area contributed by atoms with E-state index in [1.54, 1.807) is 0 Å². The number of aryl methyl sites for hydroxylation is 1. The van der Waals surface area contributed by atoms with Crippen molar-refractivity contribution in [1.82, 2.24) is 15.1 Å².